The van der Waals surface area contributed by atoms with E-state index in [1.807, 2.05) is 18.3 Å². The maximum Gasteiger partial charge on any atom is 0.209 e. The van der Waals surface area contributed by atoms with E-state index in [1.165, 1.54) is 0 Å². The Labute approximate surface area is 124 Å². The van der Waals surface area contributed by atoms with E-state index in [0.717, 1.165) is 42.5 Å². The van der Waals surface area contributed by atoms with Gasteiger partial charge in [-0.25, -0.2) is 13.6 Å². The number of nitrogens with two attached hydrogens (primary N) is 1. The standard InChI is InChI=1S/C14H18N4O2S/c15-21(19,20)10-11-3-7-18(8-4-11)14-2-6-17-13-1-5-16-9-12(13)14/h1-2,5-6,9,11H,3-4,7-8,10H2,(H2,15,19,20). The Morgan fingerprint density at radius 1 is 1.24 bits per heavy atom. The van der Waals surface area contributed by atoms with Crippen LogP contribution < -0.4 is 10.0 Å². The number of primary sulfonamides is 1. The van der Waals surface area contributed by atoms with Crippen LogP contribution in [-0.4, -0.2) is 37.2 Å². The summed E-state index contributed by atoms with van der Waals surface area (Å²) in [5.41, 5.74) is 2.04. The molecule has 3 heterocycles. The van der Waals surface area contributed by atoms with E-state index < -0.39 is 10.0 Å². The summed E-state index contributed by atoms with van der Waals surface area (Å²) in [6.07, 6.45) is 7.03. The van der Waals surface area contributed by atoms with Crippen molar-refractivity contribution in [2.24, 2.45) is 11.1 Å². The molecule has 21 heavy (non-hydrogen) atoms. The number of aromatic nitrogens is 2. The summed E-state index contributed by atoms with van der Waals surface area (Å²) < 4.78 is 22.3. The summed E-state index contributed by atoms with van der Waals surface area (Å²) in [6.45, 7) is 1.66. The van der Waals surface area contributed by atoms with Gasteiger partial charge in [-0.1, -0.05) is 0 Å². The second kappa shape index (κ2) is 5.57. The largest absolute Gasteiger partial charge is 0.371 e. The molecule has 1 fully saturated rings. The van der Waals surface area contributed by atoms with Crippen LogP contribution in [0.2, 0.25) is 0 Å². The predicted molar refractivity (Wildman–Crippen MR) is 82.4 cm³/mol. The van der Waals surface area contributed by atoms with E-state index in [4.69, 9.17) is 5.14 Å². The highest BCUT2D eigenvalue weighted by molar-refractivity contribution is 7.89. The summed E-state index contributed by atoms with van der Waals surface area (Å²) in [4.78, 5) is 10.8. The lowest BCUT2D eigenvalue weighted by atomic mass is 9.98. The Morgan fingerprint density at radius 3 is 2.71 bits per heavy atom. The van der Waals surface area contributed by atoms with Gasteiger partial charge in [0.25, 0.3) is 0 Å². The van der Waals surface area contributed by atoms with Gasteiger partial charge >= 0.3 is 0 Å². The van der Waals surface area contributed by atoms with Crippen molar-refractivity contribution in [3.8, 4) is 0 Å². The number of pyridine rings is 2. The van der Waals surface area contributed by atoms with E-state index >= 15 is 0 Å². The lowest BCUT2D eigenvalue weighted by molar-refractivity contribution is 0.436. The first kappa shape index (κ1) is 14.2. The molecule has 0 saturated carbocycles. The van der Waals surface area contributed by atoms with Gasteiger partial charge in [-0.3, -0.25) is 9.97 Å². The van der Waals surface area contributed by atoms with Gasteiger partial charge in [-0.05, 0) is 30.9 Å². The second-order valence-corrected chi connectivity index (χ2v) is 7.14. The van der Waals surface area contributed by atoms with E-state index in [1.54, 1.807) is 12.4 Å². The van der Waals surface area contributed by atoms with Gasteiger partial charge in [0.15, 0.2) is 0 Å². The zero-order valence-corrected chi connectivity index (χ0v) is 12.5. The van der Waals surface area contributed by atoms with Gasteiger partial charge in [-0.2, -0.15) is 0 Å². The fourth-order valence-electron chi connectivity index (χ4n) is 2.92. The van der Waals surface area contributed by atoms with Crippen molar-refractivity contribution in [2.75, 3.05) is 23.7 Å². The number of anilines is 1. The summed E-state index contributed by atoms with van der Waals surface area (Å²) >= 11 is 0. The summed E-state index contributed by atoms with van der Waals surface area (Å²) in [7, 11) is -3.38. The third kappa shape index (κ3) is 3.30. The average Bonchev–Trinajstić information content (AvgIpc) is 2.46. The summed E-state index contributed by atoms with van der Waals surface area (Å²) in [6, 6.07) is 3.89. The van der Waals surface area contributed by atoms with E-state index in [0.29, 0.717) is 0 Å². The second-order valence-electron chi connectivity index (χ2n) is 5.48. The number of fused-ring (bicyclic) bond motifs is 1. The SMILES string of the molecule is NS(=O)(=O)CC1CCN(c2ccnc3ccncc23)CC1. The van der Waals surface area contributed by atoms with Crippen LogP contribution in [0.3, 0.4) is 0 Å². The fourth-order valence-corrected chi connectivity index (χ4v) is 3.91. The van der Waals surface area contributed by atoms with Gasteiger partial charge in [0.2, 0.25) is 10.0 Å². The van der Waals surface area contributed by atoms with Crippen molar-refractivity contribution < 1.29 is 8.42 Å². The van der Waals surface area contributed by atoms with Crippen LogP contribution in [-0.2, 0) is 10.0 Å². The first-order valence-corrected chi connectivity index (χ1v) is 8.68. The maximum atomic E-state index is 11.2. The van der Waals surface area contributed by atoms with Crippen molar-refractivity contribution in [2.45, 2.75) is 12.8 Å². The number of rotatable bonds is 3. The third-order valence-corrected chi connectivity index (χ3v) is 4.88. The van der Waals surface area contributed by atoms with Crippen molar-refractivity contribution in [1.82, 2.24) is 9.97 Å². The molecule has 0 aliphatic carbocycles. The first-order valence-electron chi connectivity index (χ1n) is 6.97. The molecule has 7 heteroatoms. The molecule has 1 aliphatic heterocycles. The quantitative estimate of drug-likeness (QED) is 0.918. The lowest BCUT2D eigenvalue weighted by Gasteiger charge is -2.33. The lowest BCUT2D eigenvalue weighted by Crippen LogP contribution is -2.37. The Balaban J connectivity index is 1.77. The highest BCUT2D eigenvalue weighted by Gasteiger charge is 2.23. The molecule has 2 N–H and O–H groups in total. The highest BCUT2D eigenvalue weighted by atomic mass is 32.2. The van der Waals surface area contributed by atoms with Gasteiger partial charge in [0.1, 0.15) is 0 Å². The summed E-state index contributed by atoms with van der Waals surface area (Å²) in [5, 5.41) is 6.16. The third-order valence-electron chi connectivity index (χ3n) is 3.94. The summed E-state index contributed by atoms with van der Waals surface area (Å²) in [5.74, 6) is 0.238. The Hall–Kier alpha value is -1.73. The van der Waals surface area contributed by atoms with E-state index in [9.17, 15) is 8.42 Å². The van der Waals surface area contributed by atoms with Gasteiger partial charge < -0.3 is 4.90 Å². The molecule has 1 aliphatic rings. The van der Waals surface area contributed by atoms with Crippen LogP contribution in [0.4, 0.5) is 5.69 Å². The molecule has 0 aromatic carbocycles. The molecule has 1 saturated heterocycles. The molecule has 0 amide bonds. The van der Waals surface area contributed by atoms with Crippen molar-refractivity contribution >= 4 is 26.6 Å². The van der Waals surface area contributed by atoms with Gasteiger partial charge in [-0.15, -0.1) is 0 Å². The molecule has 3 rings (SSSR count). The van der Waals surface area contributed by atoms with Crippen LogP contribution >= 0.6 is 0 Å². The molecule has 2 aromatic rings. The monoisotopic (exact) mass is 306 g/mol. The molecule has 6 nitrogen and oxygen atoms in total. The smallest absolute Gasteiger partial charge is 0.209 e. The number of hydrogen-bond acceptors (Lipinski definition) is 5. The average molecular weight is 306 g/mol. The molecule has 0 atom stereocenters. The molecular weight excluding hydrogens is 288 g/mol. The van der Waals surface area contributed by atoms with Crippen molar-refractivity contribution in [1.29, 1.82) is 0 Å². The minimum atomic E-state index is -3.38. The minimum absolute atomic E-state index is 0.0828. The van der Waals surface area contributed by atoms with Crippen LogP contribution in [0, 0.1) is 5.92 Å². The normalized spacial score (nSPS) is 17.3. The van der Waals surface area contributed by atoms with Crippen molar-refractivity contribution in [3.63, 3.8) is 0 Å². The van der Waals surface area contributed by atoms with E-state index in [-0.39, 0.29) is 11.7 Å². The highest BCUT2D eigenvalue weighted by Crippen LogP contribution is 2.28. The number of hydrogen-bond donors (Lipinski definition) is 1. The van der Waals surface area contributed by atoms with Crippen LogP contribution in [0.15, 0.2) is 30.7 Å². The maximum absolute atomic E-state index is 11.2. The Morgan fingerprint density at radius 2 is 2.00 bits per heavy atom. The van der Waals surface area contributed by atoms with E-state index in [2.05, 4.69) is 14.9 Å². The van der Waals surface area contributed by atoms with Crippen LogP contribution in [0.5, 0.6) is 0 Å². The van der Waals surface area contributed by atoms with Gasteiger partial charge in [0, 0.05) is 42.8 Å². The molecule has 2 aromatic heterocycles. The first-order chi connectivity index (χ1) is 10.0. The van der Waals surface area contributed by atoms with Crippen LogP contribution in [0.1, 0.15) is 12.8 Å². The molecule has 0 radical (unpaired) electrons. The van der Waals surface area contributed by atoms with Crippen molar-refractivity contribution in [3.05, 3.63) is 30.7 Å². The molecule has 112 valence electrons. The fraction of sp³-hybridized carbons (Fsp3) is 0.429. The molecular formula is C14H18N4O2S. The zero-order valence-electron chi connectivity index (χ0n) is 11.6. The van der Waals surface area contributed by atoms with Crippen LogP contribution in [0.25, 0.3) is 10.9 Å². The topological polar surface area (TPSA) is 89.2 Å². The minimum Gasteiger partial charge on any atom is -0.371 e. The van der Waals surface area contributed by atoms with Gasteiger partial charge in [0.05, 0.1) is 11.3 Å². The Kier molecular flexibility index (Phi) is 3.77. The number of nitrogens with zero attached hydrogens (tertiary/aromatic N) is 3. The molecule has 0 unspecified atom stereocenters. The molecule has 0 bridgehead atoms. The number of piperidine rings is 1. The Bertz CT molecular complexity index is 734. The predicted octanol–water partition coefficient (Wildman–Crippen LogP) is 1.13. The molecule has 0 spiro atoms. The number of sulfonamides is 1. The zero-order chi connectivity index (χ0) is 14.9.